The number of hydrogen-bond donors (Lipinski definition) is 0. The van der Waals surface area contributed by atoms with Gasteiger partial charge in [-0.25, -0.2) is 9.78 Å². The number of ether oxygens (including phenoxy) is 1. The molecule has 2 aliphatic rings. The van der Waals surface area contributed by atoms with Crippen LogP contribution < -0.4 is 4.90 Å². The third kappa shape index (κ3) is 2.48. The van der Waals surface area contributed by atoms with Crippen LogP contribution in [0.15, 0.2) is 12.3 Å². The summed E-state index contributed by atoms with van der Waals surface area (Å²) in [6.07, 6.45) is 6.64. The van der Waals surface area contributed by atoms with Crippen molar-refractivity contribution in [3.63, 3.8) is 0 Å². The molecule has 2 heterocycles. The minimum absolute atomic E-state index is 0.317. The second kappa shape index (κ2) is 4.94. The SMILES string of the molecule is CCOC(=O)c1cnc2nc(N(C3CC3)C3CC3)sc2c1. The number of fused-ring (bicyclic) bond motifs is 1. The summed E-state index contributed by atoms with van der Waals surface area (Å²) in [5.41, 5.74) is 1.23. The molecule has 0 aliphatic heterocycles. The van der Waals surface area contributed by atoms with E-state index in [0.717, 1.165) is 15.5 Å². The van der Waals surface area contributed by atoms with E-state index >= 15 is 0 Å². The molecule has 0 amide bonds. The first-order valence-electron chi connectivity index (χ1n) is 7.48. The van der Waals surface area contributed by atoms with E-state index in [2.05, 4.69) is 14.9 Å². The van der Waals surface area contributed by atoms with Gasteiger partial charge >= 0.3 is 5.97 Å². The highest BCUT2D eigenvalue weighted by molar-refractivity contribution is 7.22. The Morgan fingerprint density at radius 2 is 2.10 bits per heavy atom. The molecule has 0 atom stereocenters. The van der Waals surface area contributed by atoms with Crippen molar-refractivity contribution in [2.24, 2.45) is 0 Å². The maximum Gasteiger partial charge on any atom is 0.339 e. The molecule has 0 saturated heterocycles. The van der Waals surface area contributed by atoms with E-state index in [1.807, 2.05) is 6.07 Å². The number of carbonyl (C=O) groups is 1. The Balaban J connectivity index is 1.67. The van der Waals surface area contributed by atoms with E-state index in [0.29, 0.717) is 24.3 Å². The van der Waals surface area contributed by atoms with Gasteiger partial charge in [-0.2, -0.15) is 4.98 Å². The predicted molar refractivity (Wildman–Crippen MR) is 81.9 cm³/mol. The molecule has 0 bridgehead atoms. The normalized spacial score (nSPS) is 18.0. The van der Waals surface area contributed by atoms with Crippen molar-refractivity contribution in [2.75, 3.05) is 11.5 Å². The van der Waals surface area contributed by atoms with E-state index in [1.54, 1.807) is 24.5 Å². The fourth-order valence-corrected chi connectivity index (χ4v) is 3.67. The Labute approximate surface area is 127 Å². The van der Waals surface area contributed by atoms with E-state index in [4.69, 9.17) is 4.74 Å². The topological polar surface area (TPSA) is 55.3 Å². The summed E-state index contributed by atoms with van der Waals surface area (Å²) in [6.45, 7) is 2.18. The summed E-state index contributed by atoms with van der Waals surface area (Å²) >= 11 is 1.64. The van der Waals surface area contributed by atoms with Crippen molar-refractivity contribution >= 4 is 32.8 Å². The zero-order valence-electron chi connectivity index (χ0n) is 11.9. The molecular weight excluding hydrogens is 286 g/mol. The summed E-state index contributed by atoms with van der Waals surface area (Å²) in [5, 5.41) is 1.06. The summed E-state index contributed by atoms with van der Waals surface area (Å²) in [4.78, 5) is 23.2. The van der Waals surface area contributed by atoms with Crippen LogP contribution in [0.1, 0.15) is 43.0 Å². The van der Waals surface area contributed by atoms with Crippen LogP contribution in [0.5, 0.6) is 0 Å². The molecule has 6 heteroatoms. The fourth-order valence-electron chi connectivity index (χ4n) is 2.56. The lowest BCUT2D eigenvalue weighted by Crippen LogP contribution is -2.27. The average Bonchev–Trinajstić information content (AvgIpc) is 3.38. The highest BCUT2D eigenvalue weighted by Gasteiger charge is 2.40. The van der Waals surface area contributed by atoms with Crippen molar-refractivity contribution < 1.29 is 9.53 Å². The molecule has 110 valence electrons. The van der Waals surface area contributed by atoms with Crippen LogP contribution >= 0.6 is 11.3 Å². The van der Waals surface area contributed by atoms with Gasteiger partial charge in [0.05, 0.1) is 16.9 Å². The summed E-state index contributed by atoms with van der Waals surface area (Å²) in [6, 6.07) is 3.18. The van der Waals surface area contributed by atoms with Crippen LogP contribution in [0.2, 0.25) is 0 Å². The van der Waals surface area contributed by atoms with Crippen molar-refractivity contribution in [3.8, 4) is 0 Å². The molecule has 21 heavy (non-hydrogen) atoms. The van der Waals surface area contributed by atoms with Crippen molar-refractivity contribution in [3.05, 3.63) is 17.8 Å². The highest BCUT2D eigenvalue weighted by Crippen LogP contribution is 2.43. The van der Waals surface area contributed by atoms with Gasteiger partial charge in [0.15, 0.2) is 10.8 Å². The molecule has 0 aromatic carbocycles. The number of rotatable bonds is 5. The van der Waals surface area contributed by atoms with E-state index < -0.39 is 0 Å². The average molecular weight is 303 g/mol. The molecule has 0 N–H and O–H groups in total. The summed E-state index contributed by atoms with van der Waals surface area (Å²) < 4.78 is 5.98. The van der Waals surface area contributed by atoms with Crippen LogP contribution in [-0.2, 0) is 4.74 Å². The van der Waals surface area contributed by atoms with Crippen LogP contribution in [-0.4, -0.2) is 34.6 Å². The number of aromatic nitrogens is 2. The zero-order valence-corrected chi connectivity index (χ0v) is 12.7. The predicted octanol–water partition coefficient (Wildman–Crippen LogP) is 3.00. The quantitative estimate of drug-likeness (QED) is 0.795. The van der Waals surface area contributed by atoms with Crippen molar-refractivity contribution in [1.29, 1.82) is 0 Å². The largest absolute Gasteiger partial charge is 0.462 e. The maximum absolute atomic E-state index is 11.8. The molecule has 5 nitrogen and oxygen atoms in total. The van der Waals surface area contributed by atoms with Gasteiger partial charge < -0.3 is 9.64 Å². The first kappa shape index (κ1) is 13.0. The van der Waals surface area contributed by atoms with Crippen molar-refractivity contribution in [2.45, 2.75) is 44.7 Å². The number of nitrogens with zero attached hydrogens (tertiary/aromatic N) is 3. The first-order chi connectivity index (χ1) is 10.3. The number of anilines is 1. The van der Waals surface area contributed by atoms with E-state index in [-0.39, 0.29) is 5.97 Å². The molecule has 2 aromatic heterocycles. The molecule has 0 radical (unpaired) electrons. The van der Waals surface area contributed by atoms with Crippen LogP contribution in [0.25, 0.3) is 10.3 Å². The molecule has 2 aromatic rings. The number of hydrogen-bond acceptors (Lipinski definition) is 6. The van der Waals surface area contributed by atoms with E-state index in [1.165, 1.54) is 25.7 Å². The second-order valence-electron chi connectivity index (χ2n) is 5.63. The minimum atomic E-state index is -0.317. The van der Waals surface area contributed by atoms with Gasteiger partial charge in [-0.05, 0) is 38.7 Å². The van der Waals surface area contributed by atoms with Crippen molar-refractivity contribution in [1.82, 2.24) is 9.97 Å². The Morgan fingerprint density at radius 1 is 1.38 bits per heavy atom. The molecular formula is C15H17N3O2S. The molecule has 4 rings (SSSR count). The Morgan fingerprint density at radius 3 is 2.71 bits per heavy atom. The number of thiazole rings is 1. The van der Waals surface area contributed by atoms with Crippen LogP contribution in [0.3, 0.4) is 0 Å². The van der Waals surface area contributed by atoms with Gasteiger partial charge in [0, 0.05) is 18.3 Å². The van der Waals surface area contributed by atoms with Gasteiger partial charge in [-0.3, -0.25) is 0 Å². The van der Waals surface area contributed by atoms with Gasteiger partial charge in [0.2, 0.25) is 0 Å². The van der Waals surface area contributed by atoms with Gasteiger partial charge in [-0.1, -0.05) is 11.3 Å². The van der Waals surface area contributed by atoms with Gasteiger partial charge in [0.1, 0.15) is 0 Å². The Hall–Kier alpha value is -1.69. The van der Waals surface area contributed by atoms with E-state index in [9.17, 15) is 4.79 Å². The Kier molecular flexibility index (Phi) is 3.06. The molecule has 2 fully saturated rings. The number of carbonyl (C=O) groups excluding carboxylic acids is 1. The smallest absolute Gasteiger partial charge is 0.339 e. The molecule has 2 aliphatic carbocycles. The zero-order chi connectivity index (χ0) is 14.4. The lowest BCUT2D eigenvalue weighted by molar-refractivity contribution is 0.0526. The number of pyridine rings is 1. The molecule has 0 spiro atoms. The third-order valence-corrected chi connectivity index (χ3v) is 4.85. The van der Waals surface area contributed by atoms with Gasteiger partial charge in [-0.15, -0.1) is 0 Å². The monoisotopic (exact) mass is 303 g/mol. The highest BCUT2D eigenvalue weighted by atomic mass is 32.1. The second-order valence-corrected chi connectivity index (χ2v) is 6.64. The van der Waals surface area contributed by atoms with Crippen LogP contribution in [0.4, 0.5) is 5.13 Å². The standard InChI is InChI=1S/C15H17N3O2S/c1-2-20-14(19)9-7-12-13(16-8-9)17-15(21-12)18(10-3-4-10)11-5-6-11/h7-8,10-11H,2-6H2,1H3. The molecule has 0 unspecified atom stereocenters. The lowest BCUT2D eigenvalue weighted by Gasteiger charge is -2.20. The summed E-state index contributed by atoms with van der Waals surface area (Å²) in [5.74, 6) is -0.317. The fraction of sp³-hybridized carbons (Fsp3) is 0.533. The first-order valence-corrected chi connectivity index (χ1v) is 8.30. The minimum Gasteiger partial charge on any atom is -0.462 e. The van der Waals surface area contributed by atoms with Crippen LogP contribution in [0, 0.1) is 0 Å². The number of esters is 1. The Bertz CT molecular complexity index is 679. The maximum atomic E-state index is 11.8. The van der Waals surface area contributed by atoms with Gasteiger partial charge in [0.25, 0.3) is 0 Å². The molecule has 2 saturated carbocycles. The third-order valence-electron chi connectivity index (χ3n) is 3.85. The summed E-state index contributed by atoms with van der Waals surface area (Å²) in [7, 11) is 0. The lowest BCUT2D eigenvalue weighted by atomic mass is 10.3.